The van der Waals surface area contributed by atoms with Crippen molar-refractivity contribution in [2.45, 2.75) is 11.4 Å². The van der Waals surface area contributed by atoms with Crippen LogP contribution in [0.1, 0.15) is 15.9 Å². The Hall–Kier alpha value is -3.89. The van der Waals surface area contributed by atoms with E-state index >= 15 is 0 Å². The zero-order chi connectivity index (χ0) is 23.6. The van der Waals surface area contributed by atoms with Gasteiger partial charge in [0, 0.05) is 0 Å². The Balaban J connectivity index is 1.74. The number of thiazole rings is 1. The maximum Gasteiger partial charge on any atom is 0.335 e. The second-order valence-electron chi connectivity index (χ2n) is 7.07. The van der Waals surface area contributed by atoms with Gasteiger partial charge in [-0.3, -0.25) is 14.1 Å². The Labute approximate surface area is 193 Å². The predicted octanol–water partition coefficient (Wildman–Crippen LogP) is 3.90. The third kappa shape index (κ3) is 4.66. The lowest BCUT2D eigenvalue weighted by atomic mass is 10.1. The lowest BCUT2D eigenvalue weighted by Gasteiger charge is -2.25. The summed E-state index contributed by atoms with van der Waals surface area (Å²) < 4.78 is 28.1. The third-order valence-electron chi connectivity index (χ3n) is 4.88. The highest BCUT2D eigenvalue weighted by molar-refractivity contribution is 7.92. The van der Waals surface area contributed by atoms with Crippen molar-refractivity contribution in [2.24, 2.45) is 0 Å². The second kappa shape index (κ2) is 8.93. The molecule has 0 radical (unpaired) electrons. The van der Waals surface area contributed by atoms with Gasteiger partial charge in [0.25, 0.3) is 10.0 Å². The van der Waals surface area contributed by atoms with Gasteiger partial charge in [-0.2, -0.15) is 0 Å². The van der Waals surface area contributed by atoms with E-state index in [0.717, 1.165) is 15.6 Å². The Morgan fingerprint density at radius 3 is 2.27 bits per heavy atom. The summed E-state index contributed by atoms with van der Waals surface area (Å²) in [5.74, 6) is -1.39. The number of aromatic hydroxyl groups is 1. The largest absolute Gasteiger partial charge is 0.493 e. The summed E-state index contributed by atoms with van der Waals surface area (Å²) in [6, 6.07) is 20.3. The summed E-state index contributed by atoms with van der Waals surface area (Å²) in [4.78, 5) is 25.3. The molecular weight excluding hydrogens is 464 g/mol. The Kier molecular flexibility index (Phi) is 6.03. The van der Waals surface area contributed by atoms with Crippen molar-refractivity contribution >= 4 is 33.0 Å². The lowest BCUT2D eigenvalue weighted by molar-refractivity contribution is 0.0697. The number of nitrogens with zero attached hydrogens (tertiary/aromatic N) is 1. The number of anilines is 1. The molecule has 3 aromatic carbocycles. The van der Waals surface area contributed by atoms with Crippen molar-refractivity contribution < 1.29 is 23.4 Å². The number of rotatable bonds is 7. The SMILES string of the molecule is O=C(O)c1cccc(N(Cc2ccc(-c3sc(=O)[nH]c3O)cc2)S(=O)(=O)c2ccccc2)c1. The van der Waals surface area contributed by atoms with Crippen LogP contribution in [0.4, 0.5) is 5.69 Å². The van der Waals surface area contributed by atoms with Crippen LogP contribution in [0.5, 0.6) is 5.88 Å². The van der Waals surface area contributed by atoms with Gasteiger partial charge >= 0.3 is 10.8 Å². The standard InChI is InChI=1S/C23H18N2O6S2/c26-21-20(32-23(29)24-21)16-11-9-15(10-12-16)14-25(18-6-4-5-17(13-18)22(27)28)33(30,31)19-7-2-1-3-8-19/h1-13,26H,14H2,(H,24,29)(H,27,28). The fraction of sp³-hybridized carbons (Fsp3) is 0.0435. The van der Waals surface area contributed by atoms with E-state index in [1.165, 1.54) is 36.4 Å². The fourth-order valence-corrected chi connectivity index (χ4v) is 5.47. The average molecular weight is 483 g/mol. The molecule has 0 spiro atoms. The number of hydrogen-bond donors (Lipinski definition) is 3. The summed E-state index contributed by atoms with van der Waals surface area (Å²) >= 11 is 0.867. The number of aromatic nitrogens is 1. The highest BCUT2D eigenvalue weighted by Crippen LogP contribution is 2.31. The van der Waals surface area contributed by atoms with E-state index in [9.17, 15) is 28.2 Å². The first-order valence-corrected chi connectivity index (χ1v) is 11.9. The van der Waals surface area contributed by atoms with Crippen LogP contribution in [0, 0.1) is 0 Å². The predicted molar refractivity (Wildman–Crippen MR) is 125 cm³/mol. The number of sulfonamides is 1. The molecule has 4 rings (SSSR count). The molecule has 0 aliphatic rings. The number of carboxylic acids is 1. The van der Waals surface area contributed by atoms with Gasteiger partial charge in [0.1, 0.15) is 0 Å². The smallest absolute Gasteiger partial charge is 0.335 e. The maximum atomic E-state index is 13.5. The van der Waals surface area contributed by atoms with E-state index in [1.807, 2.05) is 0 Å². The van der Waals surface area contributed by atoms with Crippen LogP contribution in [0.2, 0.25) is 0 Å². The van der Waals surface area contributed by atoms with E-state index in [4.69, 9.17) is 0 Å². The van der Waals surface area contributed by atoms with Crippen LogP contribution in [-0.4, -0.2) is 29.6 Å². The summed E-state index contributed by atoms with van der Waals surface area (Å²) in [5.41, 5.74) is 1.41. The van der Waals surface area contributed by atoms with Gasteiger partial charge in [-0.05, 0) is 41.5 Å². The molecule has 0 amide bonds. The molecule has 1 aromatic heterocycles. The molecule has 0 atom stereocenters. The van der Waals surface area contributed by atoms with Crippen molar-refractivity contribution in [1.82, 2.24) is 4.98 Å². The van der Waals surface area contributed by atoms with E-state index in [2.05, 4.69) is 4.98 Å². The van der Waals surface area contributed by atoms with E-state index in [1.54, 1.807) is 42.5 Å². The van der Waals surface area contributed by atoms with Crippen LogP contribution in [-0.2, 0) is 16.6 Å². The number of benzene rings is 3. The Bertz CT molecular complexity index is 1460. The van der Waals surface area contributed by atoms with Crippen LogP contribution in [0.3, 0.4) is 0 Å². The molecule has 3 N–H and O–H groups in total. The minimum Gasteiger partial charge on any atom is -0.493 e. The highest BCUT2D eigenvalue weighted by atomic mass is 32.2. The molecule has 0 fully saturated rings. The van der Waals surface area contributed by atoms with E-state index in [-0.39, 0.29) is 33.4 Å². The van der Waals surface area contributed by atoms with Crippen molar-refractivity contribution in [3.63, 3.8) is 0 Å². The molecule has 8 nitrogen and oxygen atoms in total. The molecule has 168 valence electrons. The van der Waals surface area contributed by atoms with Gasteiger partial charge in [-0.1, -0.05) is 59.9 Å². The highest BCUT2D eigenvalue weighted by Gasteiger charge is 2.26. The quantitative estimate of drug-likeness (QED) is 0.367. The summed E-state index contributed by atoms with van der Waals surface area (Å²) in [6.07, 6.45) is 0. The lowest BCUT2D eigenvalue weighted by Crippen LogP contribution is -2.30. The molecule has 10 heteroatoms. The first-order chi connectivity index (χ1) is 15.8. The average Bonchev–Trinajstić information content (AvgIpc) is 3.16. The number of carboxylic acid groups (broad SMARTS) is 1. The molecular formula is C23H18N2O6S2. The summed E-state index contributed by atoms with van der Waals surface area (Å²) in [7, 11) is -4.00. The monoisotopic (exact) mass is 482 g/mol. The zero-order valence-corrected chi connectivity index (χ0v) is 18.6. The Morgan fingerprint density at radius 2 is 1.67 bits per heavy atom. The minimum atomic E-state index is -4.00. The maximum absolute atomic E-state index is 13.5. The number of carbonyl (C=O) groups is 1. The molecule has 0 saturated carbocycles. The van der Waals surface area contributed by atoms with E-state index in [0.29, 0.717) is 16.0 Å². The van der Waals surface area contributed by atoms with Crippen LogP contribution >= 0.6 is 11.3 Å². The van der Waals surface area contributed by atoms with Crippen LogP contribution < -0.4 is 9.18 Å². The van der Waals surface area contributed by atoms with Crippen LogP contribution in [0.25, 0.3) is 10.4 Å². The molecule has 0 bridgehead atoms. The molecule has 0 unspecified atom stereocenters. The van der Waals surface area contributed by atoms with Gasteiger partial charge in [-0.25, -0.2) is 13.2 Å². The van der Waals surface area contributed by atoms with Crippen LogP contribution in [0.15, 0.2) is 88.6 Å². The molecule has 33 heavy (non-hydrogen) atoms. The first-order valence-electron chi connectivity index (χ1n) is 9.68. The molecule has 0 saturated heterocycles. The normalized spacial score (nSPS) is 11.3. The number of nitrogens with one attached hydrogen (secondary N) is 1. The molecule has 1 heterocycles. The molecule has 0 aliphatic heterocycles. The molecule has 0 aliphatic carbocycles. The number of aromatic amines is 1. The fourth-order valence-electron chi connectivity index (χ4n) is 3.27. The van der Waals surface area contributed by atoms with Gasteiger partial charge in [0.2, 0.25) is 5.88 Å². The molecule has 4 aromatic rings. The minimum absolute atomic E-state index is 0.0334. The van der Waals surface area contributed by atoms with E-state index < -0.39 is 16.0 Å². The third-order valence-corrected chi connectivity index (χ3v) is 7.59. The van der Waals surface area contributed by atoms with Crippen molar-refractivity contribution in [2.75, 3.05) is 4.31 Å². The second-order valence-corrected chi connectivity index (χ2v) is 9.91. The van der Waals surface area contributed by atoms with Gasteiger partial charge in [-0.15, -0.1) is 0 Å². The summed E-state index contributed by atoms with van der Waals surface area (Å²) in [5, 5.41) is 19.2. The van der Waals surface area contributed by atoms with Crippen molar-refractivity contribution in [1.29, 1.82) is 0 Å². The van der Waals surface area contributed by atoms with Gasteiger partial charge in [0.05, 0.1) is 27.6 Å². The van der Waals surface area contributed by atoms with Crippen molar-refractivity contribution in [3.8, 4) is 16.3 Å². The first kappa shape index (κ1) is 22.3. The zero-order valence-electron chi connectivity index (χ0n) is 17.0. The number of hydrogen-bond acceptors (Lipinski definition) is 6. The summed E-state index contributed by atoms with van der Waals surface area (Å²) in [6.45, 7) is -0.0596. The van der Waals surface area contributed by atoms with Gasteiger partial charge < -0.3 is 10.2 Å². The number of H-pyrrole nitrogens is 1. The number of aromatic carboxylic acids is 1. The topological polar surface area (TPSA) is 128 Å². The Morgan fingerprint density at radius 1 is 0.970 bits per heavy atom. The van der Waals surface area contributed by atoms with Gasteiger partial charge in [0.15, 0.2) is 0 Å². The van der Waals surface area contributed by atoms with Crippen molar-refractivity contribution in [3.05, 3.63) is 99.7 Å².